The number of carbonyl (C=O) groups excluding carboxylic acids is 1. The van der Waals surface area contributed by atoms with E-state index in [0.717, 1.165) is 17.3 Å². The lowest BCUT2D eigenvalue weighted by Gasteiger charge is -2.39. The van der Waals surface area contributed by atoms with Crippen LogP contribution in [-0.4, -0.2) is 18.8 Å². The lowest BCUT2D eigenvalue weighted by Crippen LogP contribution is -2.41. The van der Waals surface area contributed by atoms with Crippen LogP contribution < -0.4 is 5.30 Å². The first kappa shape index (κ1) is 24.2. The summed E-state index contributed by atoms with van der Waals surface area (Å²) in [5.41, 5.74) is 1.96. The second kappa shape index (κ2) is 10.0. The molecule has 0 saturated heterocycles. The van der Waals surface area contributed by atoms with Gasteiger partial charge in [-0.1, -0.05) is 107 Å². The first-order valence-corrected chi connectivity index (χ1v) is 13.3. The topological polar surface area (TPSA) is 26.3 Å². The maximum atomic E-state index is 13.3. The van der Waals surface area contributed by atoms with Crippen LogP contribution in [0.3, 0.4) is 0 Å². The van der Waals surface area contributed by atoms with Gasteiger partial charge in [0.1, 0.15) is 0 Å². The molecule has 3 rings (SSSR count). The molecule has 2 nitrogen and oxygen atoms in total. The van der Waals surface area contributed by atoms with Crippen molar-refractivity contribution in [3.05, 3.63) is 102 Å². The quantitative estimate of drug-likeness (QED) is 0.286. The number of esters is 1. The minimum absolute atomic E-state index is 0.189. The van der Waals surface area contributed by atoms with Gasteiger partial charge in [-0.2, -0.15) is 0 Å². The van der Waals surface area contributed by atoms with Gasteiger partial charge in [-0.05, 0) is 44.2 Å². The number of ether oxygens (including phenoxy) is 1. The van der Waals surface area contributed by atoms with E-state index >= 15 is 0 Å². The van der Waals surface area contributed by atoms with Gasteiger partial charge in [-0.3, -0.25) is 4.79 Å². The number of hydrogen-bond donors (Lipinski definition) is 0. The van der Waals surface area contributed by atoms with E-state index in [2.05, 4.69) is 69.0 Å². The number of benzene rings is 3. The van der Waals surface area contributed by atoms with Gasteiger partial charge < -0.3 is 4.74 Å². The maximum Gasteiger partial charge on any atom is 0.312 e. The Morgan fingerprint density at radius 2 is 1.28 bits per heavy atom. The van der Waals surface area contributed by atoms with Crippen molar-refractivity contribution in [3.8, 4) is 0 Å². The average Bonchev–Trinajstić information content (AvgIpc) is 2.79. The molecule has 32 heavy (non-hydrogen) atoms. The van der Waals surface area contributed by atoms with Crippen LogP contribution in [0.5, 0.6) is 0 Å². The third-order valence-corrected chi connectivity index (χ3v) is 7.94. The summed E-state index contributed by atoms with van der Waals surface area (Å²) in [6, 6.07) is 29.2. The van der Waals surface area contributed by atoms with E-state index in [1.807, 2.05) is 57.2 Å². The molecule has 3 heteroatoms. The highest BCUT2D eigenvalue weighted by Crippen LogP contribution is 2.46. The summed E-state index contributed by atoms with van der Waals surface area (Å²) in [4.78, 5) is 13.3. The third-order valence-electron chi connectivity index (χ3n) is 5.79. The van der Waals surface area contributed by atoms with E-state index in [9.17, 15) is 4.79 Å². The van der Waals surface area contributed by atoms with Gasteiger partial charge in [0.25, 0.3) is 0 Å². The predicted octanol–water partition coefficient (Wildman–Crippen LogP) is 7.08. The molecule has 1 unspecified atom stereocenters. The summed E-state index contributed by atoms with van der Waals surface area (Å²) >= 11 is 0. The van der Waals surface area contributed by atoms with Gasteiger partial charge in [0.15, 0.2) is 5.60 Å². The summed E-state index contributed by atoms with van der Waals surface area (Å²) in [7, 11) is -0.608. The van der Waals surface area contributed by atoms with Gasteiger partial charge in [0, 0.05) is 17.3 Å². The van der Waals surface area contributed by atoms with E-state index in [-0.39, 0.29) is 5.97 Å². The highest BCUT2D eigenvalue weighted by Gasteiger charge is 2.42. The fourth-order valence-corrected chi connectivity index (χ4v) is 6.35. The van der Waals surface area contributed by atoms with Crippen molar-refractivity contribution in [2.24, 2.45) is 5.41 Å². The Morgan fingerprint density at radius 1 is 0.812 bits per heavy atom. The predicted molar refractivity (Wildman–Crippen MR) is 137 cm³/mol. The van der Waals surface area contributed by atoms with Crippen molar-refractivity contribution in [1.29, 1.82) is 0 Å². The van der Waals surface area contributed by atoms with Gasteiger partial charge in [-0.15, -0.1) is 0 Å². The lowest BCUT2D eigenvalue weighted by atomic mass is 9.86. The summed E-state index contributed by atoms with van der Waals surface area (Å²) in [5.74, 6) is 0.252. The minimum Gasteiger partial charge on any atom is -0.448 e. The first-order chi connectivity index (χ1) is 15.1. The van der Waals surface area contributed by atoms with Crippen LogP contribution in [0, 0.1) is 5.41 Å². The number of hydrogen-bond acceptors (Lipinski definition) is 2. The zero-order valence-corrected chi connectivity index (χ0v) is 21.0. The van der Waals surface area contributed by atoms with Gasteiger partial charge in [0.05, 0.1) is 5.41 Å². The zero-order valence-electron chi connectivity index (χ0n) is 20.1. The van der Waals surface area contributed by atoms with Crippen LogP contribution in [-0.2, 0) is 15.1 Å². The molecule has 168 valence electrons. The fraction of sp³-hybridized carbons (Fsp3) is 0.345. The van der Waals surface area contributed by atoms with E-state index < -0.39 is 18.9 Å². The van der Waals surface area contributed by atoms with Crippen LogP contribution in [0.15, 0.2) is 84.9 Å². The van der Waals surface area contributed by atoms with Crippen LogP contribution in [0.25, 0.3) is 0 Å². The van der Waals surface area contributed by atoms with Gasteiger partial charge in [0.2, 0.25) is 0 Å². The van der Waals surface area contributed by atoms with Crippen LogP contribution in [0.2, 0.25) is 0 Å². The molecular weight excluding hydrogens is 411 g/mol. The molecule has 3 aromatic rings. The molecular formula is C29H35O2P. The van der Waals surface area contributed by atoms with Crippen molar-refractivity contribution in [1.82, 2.24) is 0 Å². The van der Waals surface area contributed by atoms with E-state index in [4.69, 9.17) is 4.74 Å². The molecule has 0 amide bonds. The molecule has 3 aromatic carbocycles. The Hall–Kier alpha value is -2.44. The second-order valence-corrected chi connectivity index (χ2v) is 12.0. The number of carbonyl (C=O) groups is 1. The third kappa shape index (κ3) is 5.30. The van der Waals surface area contributed by atoms with E-state index in [1.165, 1.54) is 10.9 Å². The van der Waals surface area contributed by atoms with Crippen LogP contribution >= 0.6 is 7.92 Å². The summed E-state index contributed by atoms with van der Waals surface area (Å²) in [6.45, 7) is 12.5. The van der Waals surface area contributed by atoms with E-state index in [0.29, 0.717) is 5.92 Å². The van der Waals surface area contributed by atoms with Crippen molar-refractivity contribution in [3.63, 3.8) is 0 Å². The summed E-state index contributed by atoms with van der Waals surface area (Å²) in [6.07, 6.45) is 0.724. The minimum atomic E-state index is -0.850. The Labute approximate surface area is 194 Å². The van der Waals surface area contributed by atoms with Crippen molar-refractivity contribution >= 4 is 19.2 Å². The monoisotopic (exact) mass is 446 g/mol. The van der Waals surface area contributed by atoms with Gasteiger partial charge >= 0.3 is 5.97 Å². The van der Waals surface area contributed by atoms with Crippen LogP contribution in [0.1, 0.15) is 57.2 Å². The largest absolute Gasteiger partial charge is 0.448 e. The molecule has 1 atom stereocenters. The fourth-order valence-electron chi connectivity index (χ4n) is 3.97. The van der Waals surface area contributed by atoms with Crippen LogP contribution in [0.4, 0.5) is 0 Å². The van der Waals surface area contributed by atoms with Crippen molar-refractivity contribution in [2.75, 3.05) is 12.8 Å². The Kier molecular flexibility index (Phi) is 7.57. The Balaban J connectivity index is 2.18. The Morgan fingerprint density at radius 3 is 1.75 bits per heavy atom. The second-order valence-electron chi connectivity index (χ2n) is 9.77. The summed E-state index contributed by atoms with van der Waals surface area (Å²) in [5, 5.41) is 1.38. The average molecular weight is 447 g/mol. The highest BCUT2D eigenvalue weighted by molar-refractivity contribution is 7.65. The number of rotatable bonds is 7. The molecule has 0 radical (unpaired) electrons. The standard InChI is InChI=1S/C29H35O2P/c1-22(2)25-19-13-14-20-26(25)32(6)21-29(23-15-9-7-10-16-23,24-17-11-8-12-18-24)31-27(30)28(3,4)5/h7-20,22H,21H2,1-6H3. The molecule has 0 N–H and O–H groups in total. The Bertz CT molecular complexity index is 980. The van der Waals surface area contributed by atoms with Crippen molar-refractivity contribution in [2.45, 2.75) is 46.1 Å². The molecule has 0 bridgehead atoms. The summed E-state index contributed by atoms with van der Waals surface area (Å²) < 4.78 is 6.54. The molecule has 0 aromatic heterocycles. The normalized spacial score (nSPS) is 13.1. The molecule has 0 aliphatic carbocycles. The molecule has 0 heterocycles. The molecule has 0 aliphatic heterocycles. The zero-order chi connectivity index (χ0) is 23.4. The molecule has 0 saturated carbocycles. The highest BCUT2D eigenvalue weighted by atomic mass is 31.1. The molecule has 0 fully saturated rings. The van der Waals surface area contributed by atoms with Gasteiger partial charge in [-0.25, -0.2) is 0 Å². The molecule has 0 spiro atoms. The maximum absolute atomic E-state index is 13.3. The van der Waals surface area contributed by atoms with E-state index in [1.54, 1.807) is 0 Å². The smallest absolute Gasteiger partial charge is 0.312 e. The first-order valence-electron chi connectivity index (χ1n) is 11.3. The van der Waals surface area contributed by atoms with Crippen molar-refractivity contribution < 1.29 is 9.53 Å². The molecule has 0 aliphatic rings. The SMILES string of the molecule is CC(C)c1ccccc1P(C)CC(OC(=O)C(C)(C)C)(c1ccccc1)c1ccccc1. The lowest BCUT2D eigenvalue weighted by molar-refractivity contribution is -0.164.